The largest absolute Gasteiger partial charge is 0.416 e. The minimum Gasteiger partial charge on any atom is -0.312 e. The third kappa shape index (κ3) is 3.59. The number of alkyl halides is 3. The Morgan fingerprint density at radius 2 is 2.03 bits per heavy atom. The van der Waals surface area contributed by atoms with Crippen LogP contribution in [0.3, 0.4) is 0 Å². The maximum atomic E-state index is 13.3. The van der Waals surface area contributed by atoms with Crippen molar-refractivity contribution in [2.24, 2.45) is 7.05 Å². The summed E-state index contributed by atoms with van der Waals surface area (Å²) < 4.78 is 41.8. The van der Waals surface area contributed by atoms with E-state index in [2.05, 4.69) is 15.2 Å². The van der Waals surface area contributed by atoms with Gasteiger partial charge in [0.1, 0.15) is 12.1 Å². The number of hydrogen-bond donors (Lipinski definition) is 0. The summed E-state index contributed by atoms with van der Waals surface area (Å²) in [6.07, 6.45) is -1.36. The van der Waals surface area contributed by atoms with E-state index in [4.69, 9.17) is 0 Å². The van der Waals surface area contributed by atoms with E-state index in [9.17, 15) is 18.0 Å². The lowest BCUT2D eigenvalue weighted by molar-refractivity contribution is -0.138. The lowest BCUT2D eigenvalue weighted by Crippen LogP contribution is -2.24. The van der Waals surface area contributed by atoms with Gasteiger partial charge in [0.05, 0.1) is 12.1 Å². The molecule has 0 N–H and O–H groups in total. The Kier molecular flexibility index (Phi) is 4.81. The Morgan fingerprint density at radius 1 is 1.24 bits per heavy atom. The second-order valence-electron chi connectivity index (χ2n) is 6.65. The van der Waals surface area contributed by atoms with E-state index in [1.54, 1.807) is 23.2 Å². The highest BCUT2D eigenvalue weighted by molar-refractivity contribution is 7.99. The van der Waals surface area contributed by atoms with E-state index in [1.165, 1.54) is 28.8 Å². The van der Waals surface area contributed by atoms with Crippen molar-refractivity contribution in [1.82, 2.24) is 19.7 Å². The molecule has 1 amide bonds. The van der Waals surface area contributed by atoms with E-state index in [0.717, 1.165) is 16.8 Å². The molecular formula is C19H16F3N5OS. The van der Waals surface area contributed by atoms with Gasteiger partial charge in [0.15, 0.2) is 5.16 Å². The Hall–Kier alpha value is -2.88. The molecule has 0 saturated heterocycles. The number of nitrogens with zero attached hydrogens (tertiary/aromatic N) is 5. The van der Waals surface area contributed by atoms with Gasteiger partial charge >= 0.3 is 6.18 Å². The number of anilines is 1. The van der Waals surface area contributed by atoms with Crippen LogP contribution in [-0.2, 0) is 19.8 Å². The summed E-state index contributed by atoms with van der Waals surface area (Å²) in [7, 11) is 1.84. The molecular weight excluding hydrogens is 403 g/mol. The van der Waals surface area contributed by atoms with Crippen LogP contribution in [0.4, 0.5) is 19.0 Å². The molecule has 1 aliphatic heterocycles. The topological polar surface area (TPSA) is 63.9 Å². The van der Waals surface area contributed by atoms with Crippen molar-refractivity contribution in [2.45, 2.75) is 30.1 Å². The first-order valence-electron chi connectivity index (χ1n) is 8.73. The van der Waals surface area contributed by atoms with E-state index < -0.39 is 17.6 Å². The van der Waals surface area contributed by atoms with E-state index >= 15 is 0 Å². The predicted octanol–water partition coefficient (Wildman–Crippen LogP) is 4.24. The third-order valence-corrected chi connectivity index (χ3v) is 5.95. The quantitative estimate of drug-likeness (QED) is 0.592. The third-order valence-electron chi connectivity index (χ3n) is 4.74. The fourth-order valence-electron chi connectivity index (χ4n) is 3.22. The SMILES string of the molecule is C[C@H](Sc1nncn1C)c1ccnc(N2Cc3c(cccc3C(F)(F)F)C2=O)c1. The van der Waals surface area contributed by atoms with Crippen molar-refractivity contribution in [3.63, 3.8) is 0 Å². The zero-order valence-corrected chi connectivity index (χ0v) is 16.3. The molecule has 0 unspecified atom stereocenters. The van der Waals surface area contributed by atoms with Gasteiger partial charge in [0, 0.05) is 24.1 Å². The van der Waals surface area contributed by atoms with Gasteiger partial charge in [-0.1, -0.05) is 17.8 Å². The minimum absolute atomic E-state index is 0.0151. The van der Waals surface area contributed by atoms with Gasteiger partial charge in [-0.25, -0.2) is 4.98 Å². The normalized spacial score (nSPS) is 14.9. The lowest BCUT2D eigenvalue weighted by atomic mass is 10.0. The number of pyridine rings is 1. The molecule has 3 heterocycles. The number of amides is 1. The summed E-state index contributed by atoms with van der Waals surface area (Å²) in [4.78, 5) is 18.3. The second kappa shape index (κ2) is 7.18. The van der Waals surface area contributed by atoms with Gasteiger partial charge in [-0.3, -0.25) is 9.69 Å². The van der Waals surface area contributed by atoms with Crippen molar-refractivity contribution < 1.29 is 18.0 Å². The van der Waals surface area contributed by atoms with Crippen LogP contribution in [0.5, 0.6) is 0 Å². The van der Waals surface area contributed by atoms with Crippen molar-refractivity contribution in [2.75, 3.05) is 4.90 Å². The lowest BCUT2D eigenvalue weighted by Gasteiger charge is -2.18. The number of rotatable bonds is 4. The van der Waals surface area contributed by atoms with E-state index in [-0.39, 0.29) is 22.9 Å². The zero-order chi connectivity index (χ0) is 20.8. The molecule has 3 aromatic rings. The Labute approximate surface area is 168 Å². The molecule has 1 aromatic carbocycles. The first-order valence-corrected chi connectivity index (χ1v) is 9.61. The smallest absolute Gasteiger partial charge is 0.312 e. The van der Waals surface area contributed by atoms with Crippen molar-refractivity contribution in [1.29, 1.82) is 0 Å². The van der Waals surface area contributed by atoms with Crippen LogP contribution in [0.1, 0.15) is 39.2 Å². The molecule has 10 heteroatoms. The van der Waals surface area contributed by atoms with Crippen LogP contribution in [0.15, 0.2) is 48.0 Å². The predicted molar refractivity (Wildman–Crippen MR) is 101 cm³/mol. The number of aromatic nitrogens is 4. The zero-order valence-electron chi connectivity index (χ0n) is 15.5. The maximum Gasteiger partial charge on any atom is 0.416 e. The number of aryl methyl sites for hydroxylation is 1. The summed E-state index contributed by atoms with van der Waals surface area (Å²) in [5.41, 5.74) is 0.142. The highest BCUT2D eigenvalue weighted by Gasteiger charge is 2.40. The molecule has 0 fully saturated rings. The van der Waals surface area contributed by atoms with Crippen LogP contribution in [0.2, 0.25) is 0 Å². The average molecular weight is 419 g/mol. The number of carbonyl (C=O) groups excluding carboxylic acids is 1. The average Bonchev–Trinajstić information content (AvgIpc) is 3.24. The molecule has 29 heavy (non-hydrogen) atoms. The molecule has 0 aliphatic carbocycles. The number of carbonyl (C=O) groups is 1. The molecule has 150 valence electrons. The van der Waals surface area contributed by atoms with Crippen molar-refractivity contribution in [3.05, 3.63) is 65.1 Å². The molecule has 1 aliphatic rings. The standard InChI is InChI=1S/C19H16F3N5OS/c1-11(29-18-25-24-10-26(18)2)12-6-7-23-16(8-12)27-9-14-13(17(27)28)4-3-5-15(14)19(20,21)22/h3-8,10-11H,9H2,1-2H3/t11-/m0/s1. The maximum absolute atomic E-state index is 13.3. The van der Waals surface area contributed by atoms with Crippen LogP contribution in [-0.4, -0.2) is 25.7 Å². The van der Waals surface area contributed by atoms with Gasteiger partial charge in [0.25, 0.3) is 5.91 Å². The first kappa shape index (κ1) is 19.4. The Balaban J connectivity index is 1.62. The molecule has 4 rings (SSSR count). The second-order valence-corrected chi connectivity index (χ2v) is 7.96. The van der Waals surface area contributed by atoms with Gasteiger partial charge in [-0.05, 0) is 42.3 Å². The fraction of sp³-hybridized carbons (Fsp3) is 0.263. The van der Waals surface area contributed by atoms with Crippen molar-refractivity contribution in [3.8, 4) is 0 Å². The first-order chi connectivity index (χ1) is 13.8. The summed E-state index contributed by atoms with van der Waals surface area (Å²) in [5.74, 6) is -0.161. The van der Waals surface area contributed by atoms with Crippen molar-refractivity contribution >= 4 is 23.5 Å². The number of thioether (sulfide) groups is 1. The van der Waals surface area contributed by atoms with Crippen LogP contribution < -0.4 is 4.90 Å². The number of benzene rings is 1. The molecule has 0 spiro atoms. The summed E-state index contributed by atoms with van der Waals surface area (Å²) in [6.45, 7) is 1.81. The van der Waals surface area contributed by atoms with Crippen LogP contribution in [0.25, 0.3) is 0 Å². The van der Waals surface area contributed by atoms with E-state index in [1.807, 2.05) is 20.0 Å². The summed E-state index contributed by atoms with van der Waals surface area (Å²) in [6, 6.07) is 7.21. The molecule has 0 radical (unpaired) electrons. The highest BCUT2D eigenvalue weighted by atomic mass is 32.2. The Bertz CT molecular complexity index is 1080. The highest BCUT2D eigenvalue weighted by Crippen LogP contribution is 2.39. The van der Waals surface area contributed by atoms with Gasteiger partial charge < -0.3 is 4.57 Å². The monoisotopic (exact) mass is 419 g/mol. The van der Waals surface area contributed by atoms with Gasteiger partial charge in [0.2, 0.25) is 0 Å². The molecule has 0 saturated carbocycles. The van der Waals surface area contributed by atoms with Crippen LogP contribution >= 0.6 is 11.8 Å². The van der Waals surface area contributed by atoms with E-state index in [0.29, 0.717) is 5.82 Å². The molecule has 1 atom stereocenters. The summed E-state index contributed by atoms with van der Waals surface area (Å²) in [5, 5.41) is 8.60. The number of fused-ring (bicyclic) bond motifs is 1. The molecule has 6 nitrogen and oxygen atoms in total. The number of halogens is 3. The minimum atomic E-state index is -4.52. The van der Waals surface area contributed by atoms with Crippen LogP contribution in [0, 0.1) is 0 Å². The molecule has 0 bridgehead atoms. The summed E-state index contributed by atoms with van der Waals surface area (Å²) >= 11 is 1.48. The Morgan fingerprint density at radius 3 is 2.72 bits per heavy atom. The fourth-order valence-corrected chi connectivity index (χ4v) is 4.13. The number of hydrogen-bond acceptors (Lipinski definition) is 5. The molecule has 2 aromatic heterocycles. The van der Waals surface area contributed by atoms with Gasteiger partial charge in [-0.2, -0.15) is 13.2 Å². The van der Waals surface area contributed by atoms with Gasteiger partial charge in [-0.15, -0.1) is 10.2 Å².